The van der Waals surface area contributed by atoms with Gasteiger partial charge in [-0.1, -0.05) is 23.5 Å². The summed E-state index contributed by atoms with van der Waals surface area (Å²) in [4.78, 5) is 35.2. The summed E-state index contributed by atoms with van der Waals surface area (Å²) >= 11 is 3.08. The Morgan fingerprint density at radius 3 is 2.69 bits per heavy atom. The molecular weight excluding hydrogens is 444 g/mol. The lowest BCUT2D eigenvalue weighted by Gasteiger charge is -2.18. The van der Waals surface area contributed by atoms with Crippen LogP contribution in [0.3, 0.4) is 0 Å². The lowest BCUT2D eigenvalue weighted by Crippen LogP contribution is -2.28. The van der Waals surface area contributed by atoms with Gasteiger partial charge < -0.3 is 0 Å². The van der Waals surface area contributed by atoms with E-state index in [2.05, 4.69) is 4.98 Å². The Morgan fingerprint density at radius 1 is 1.19 bits per heavy atom. The third-order valence-electron chi connectivity index (χ3n) is 4.67. The first kappa shape index (κ1) is 21.7. The van der Waals surface area contributed by atoms with Crippen LogP contribution in [0.4, 0.5) is 10.8 Å². The fourth-order valence-corrected chi connectivity index (χ4v) is 4.70. The molecule has 0 bridgehead atoms. The molecule has 4 aromatic rings. The molecule has 0 atom stereocenters. The number of thioether (sulfide) groups is 1. The van der Waals surface area contributed by atoms with Crippen LogP contribution in [-0.4, -0.2) is 27.1 Å². The number of non-ortho nitro benzene ring substituents is 1. The number of carbonyl (C=O) groups is 1. The maximum absolute atomic E-state index is 13.2. The number of fused-ring (bicyclic) bond motifs is 1. The second-order valence-electron chi connectivity index (χ2n) is 6.77. The summed E-state index contributed by atoms with van der Waals surface area (Å²) in [6.07, 6.45) is 8.51. The van der Waals surface area contributed by atoms with Crippen molar-refractivity contribution in [2.75, 3.05) is 11.2 Å². The van der Waals surface area contributed by atoms with Gasteiger partial charge in [0.05, 0.1) is 21.7 Å². The maximum atomic E-state index is 13.2. The summed E-state index contributed by atoms with van der Waals surface area (Å²) in [6.45, 7) is 0.325. The van der Waals surface area contributed by atoms with Gasteiger partial charge >= 0.3 is 0 Å². The van der Waals surface area contributed by atoms with Gasteiger partial charge in [-0.15, -0.1) is 11.8 Å². The molecule has 2 aromatic carbocycles. The molecule has 0 unspecified atom stereocenters. The number of rotatable bonds is 7. The molecule has 0 fully saturated rings. The lowest BCUT2D eigenvalue weighted by atomic mass is 10.2. The number of nitrogens with zero attached hydrogens (tertiary/aromatic N) is 4. The van der Waals surface area contributed by atoms with Crippen LogP contribution in [0.25, 0.3) is 16.3 Å². The van der Waals surface area contributed by atoms with Crippen LogP contribution in [0.1, 0.15) is 11.1 Å². The van der Waals surface area contributed by atoms with Crippen molar-refractivity contribution in [1.82, 2.24) is 9.97 Å². The average Bonchev–Trinajstić information content (AvgIpc) is 3.26. The fraction of sp³-hybridized carbons (Fsp3) is 0.0870. The van der Waals surface area contributed by atoms with Crippen LogP contribution < -0.4 is 4.90 Å². The molecular formula is C23H18N4O3S2. The van der Waals surface area contributed by atoms with E-state index in [0.717, 1.165) is 20.7 Å². The first-order valence-electron chi connectivity index (χ1n) is 9.61. The minimum absolute atomic E-state index is 0.00533. The third kappa shape index (κ3) is 4.84. The van der Waals surface area contributed by atoms with Gasteiger partial charge in [0.25, 0.3) is 11.6 Å². The molecule has 4 rings (SSSR count). The standard InChI is InChI=1S/C23H18N4O3S2/c1-31-19-5-2-6-20-22(19)25-23(32-20)26(15-17-4-3-13-24-14-17)21(28)12-9-16-7-10-18(11-8-16)27(29)30/h2-14H,15H2,1H3/b12-9-. The van der Waals surface area contributed by atoms with Crippen LogP contribution in [0, 0.1) is 10.1 Å². The Balaban J connectivity index is 1.66. The molecule has 0 saturated carbocycles. The molecule has 0 radical (unpaired) electrons. The first-order chi connectivity index (χ1) is 15.5. The number of nitro groups is 1. The number of pyridine rings is 1. The van der Waals surface area contributed by atoms with E-state index < -0.39 is 4.92 Å². The summed E-state index contributed by atoms with van der Waals surface area (Å²) in [6, 6.07) is 15.8. The number of benzene rings is 2. The zero-order valence-electron chi connectivity index (χ0n) is 17.0. The van der Waals surface area contributed by atoms with Crippen molar-refractivity contribution in [3.63, 3.8) is 0 Å². The minimum atomic E-state index is -0.454. The quantitative estimate of drug-likeness (QED) is 0.154. The van der Waals surface area contributed by atoms with Crippen molar-refractivity contribution >= 4 is 56.1 Å². The zero-order valence-corrected chi connectivity index (χ0v) is 18.7. The van der Waals surface area contributed by atoms with Crippen LogP contribution in [0.2, 0.25) is 0 Å². The fourth-order valence-electron chi connectivity index (χ4n) is 3.07. The molecule has 9 heteroatoms. The summed E-state index contributed by atoms with van der Waals surface area (Å²) < 4.78 is 1.01. The lowest BCUT2D eigenvalue weighted by molar-refractivity contribution is -0.384. The molecule has 7 nitrogen and oxygen atoms in total. The largest absolute Gasteiger partial charge is 0.280 e. The van der Waals surface area contributed by atoms with E-state index in [1.165, 1.54) is 29.5 Å². The van der Waals surface area contributed by atoms with Gasteiger partial charge in [-0.05, 0) is 53.8 Å². The van der Waals surface area contributed by atoms with E-state index in [9.17, 15) is 14.9 Å². The van der Waals surface area contributed by atoms with E-state index in [1.54, 1.807) is 47.3 Å². The number of carbonyl (C=O) groups excluding carboxylic acids is 1. The van der Waals surface area contributed by atoms with Crippen molar-refractivity contribution in [2.24, 2.45) is 0 Å². The molecule has 0 aliphatic heterocycles. The Hall–Kier alpha value is -3.56. The van der Waals surface area contributed by atoms with Crippen molar-refractivity contribution in [2.45, 2.75) is 11.4 Å². The molecule has 1 amide bonds. The minimum Gasteiger partial charge on any atom is -0.280 e. The van der Waals surface area contributed by atoms with E-state index in [-0.39, 0.29) is 11.6 Å². The number of hydrogen-bond acceptors (Lipinski definition) is 7. The van der Waals surface area contributed by atoms with Crippen molar-refractivity contribution in [1.29, 1.82) is 0 Å². The van der Waals surface area contributed by atoms with Crippen LogP contribution in [0.15, 0.2) is 78.0 Å². The van der Waals surface area contributed by atoms with E-state index in [1.807, 2.05) is 36.6 Å². The van der Waals surface area contributed by atoms with Gasteiger partial charge in [-0.25, -0.2) is 4.98 Å². The predicted molar refractivity (Wildman–Crippen MR) is 129 cm³/mol. The van der Waals surface area contributed by atoms with E-state index in [0.29, 0.717) is 17.2 Å². The van der Waals surface area contributed by atoms with E-state index in [4.69, 9.17) is 4.98 Å². The predicted octanol–water partition coefficient (Wildman–Crippen LogP) is 5.57. The summed E-state index contributed by atoms with van der Waals surface area (Å²) in [5.74, 6) is -0.239. The number of para-hydroxylation sites is 1. The van der Waals surface area contributed by atoms with Gasteiger partial charge in [0, 0.05) is 35.5 Å². The second kappa shape index (κ2) is 9.71. The van der Waals surface area contributed by atoms with Gasteiger partial charge in [-0.2, -0.15) is 0 Å². The highest BCUT2D eigenvalue weighted by atomic mass is 32.2. The Kier molecular flexibility index (Phi) is 6.58. The number of thiazole rings is 1. The second-order valence-corrected chi connectivity index (χ2v) is 8.63. The highest BCUT2D eigenvalue weighted by Gasteiger charge is 2.19. The number of hydrogen-bond donors (Lipinski definition) is 0. The Bertz CT molecular complexity index is 1290. The van der Waals surface area contributed by atoms with Gasteiger partial charge in [0.15, 0.2) is 5.13 Å². The summed E-state index contributed by atoms with van der Waals surface area (Å²) in [5, 5.41) is 11.4. The monoisotopic (exact) mass is 462 g/mol. The summed E-state index contributed by atoms with van der Waals surface area (Å²) in [5.41, 5.74) is 2.46. The van der Waals surface area contributed by atoms with Crippen LogP contribution in [0.5, 0.6) is 0 Å². The van der Waals surface area contributed by atoms with Crippen molar-refractivity contribution < 1.29 is 9.72 Å². The normalized spacial score (nSPS) is 11.2. The molecule has 0 spiro atoms. The number of nitro benzene ring substituents is 1. The van der Waals surface area contributed by atoms with Crippen molar-refractivity contribution in [3.05, 3.63) is 94.3 Å². The zero-order chi connectivity index (χ0) is 22.5. The van der Waals surface area contributed by atoms with Gasteiger partial charge in [0.1, 0.15) is 0 Å². The smallest absolute Gasteiger partial charge is 0.269 e. The Labute approximate surface area is 192 Å². The average molecular weight is 463 g/mol. The van der Waals surface area contributed by atoms with Gasteiger partial charge in [-0.3, -0.25) is 24.8 Å². The molecule has 32 heavy (non-hydrogen) atoms. The summed E-state index contributed by atoms with van der Waals surface area (Å²) in [7, 11) is 0. The number of amides is 1. The molecule has 2 heterocycles. The number of anilines is 1. The molecule has 2 aromatic heterocycles. The number of aromatic nitrogens is 2. The molecule has 0 saturated heterocycles. The third-order valence-corrected chi connectivity index (χ3v) is 6.49. The first-order valence-corrected chi connectivity index (χ1v) is 11.7. The van der Waals surface area contributed by atoms with Gasteiger partial charge in [0.2, 0.25) is 0 Å². The van der Waals surface area contributed by atoms with Crippen LogP contribution >= 0.6 is 23.1 Å². The molecule has 0 aliphatic rings. The molecule has 0 aliphatic carbocycles. The topological polar surface area (TPSA) is 89.2 Å². The molecule has 0 N–H and O–H groups in total. The Morgan fingerprint density at radius 2 is 2.00 bits per heavy atom. The molecule has 160 valence electrons. The van der Waals surface area contributed by atoms with E-state index >= 15 is 0 Å². The highest BCUT2D eigenvalue weighted by molar-refractivity contribution is 7.98. The van der Waals surface area contributed by atoms with Crippen molar-refractivity contribution in [3.8, 4) is 0 Å². The van der Waals surface area contributed by atoms with Crippen LogP contribution in [-0.2, 0) is 11.3 Å². The SMILES string of the molecule is CSc1cccc2sc(N(Cc3cccnc3)C(=O)/C=C\c3ccc([N+](=O)[O-])cc3)nc12. The maximum Gasteiger partial charge on any atom is 0.269 e. The highest BCUT2D eigenvalue weighted by Crippen LogP contribution is 2.34.